The molecule has 1 N–H and O–H groups in total. The van der Waals surface area contributed by atoms with Gasteiger partial charge in [0, 0.05) is 25.5 Å². The monoisotopic (exact) mass is 322 g/mol. The van der Waals surface area contributed by atoms with E-state index < -0.39 is 0 Å². The molecule has 0 unspecified atom stereocenters. The summed E-state index contributed by atoms with van der Waals surface area (Å²) in [5, 5.41) is 3.35. The molecule has 0 fully saturated rings. The number of anilines is 3. The van der Waals surface area contributed by atoms with E-state index in [1.54, 1.807) is 11.8 Å². The van der Waals surface area contributed by atoms with Crippen LogP contribution in [-0.4, -0.2) is 33.4 Å². The molecule has 0 radical (unpaired) electrons. The van der Waals surface area contributed by atoms with Crippen LogP contribution < -0.4 is 10.2 Å². The van der Waals surface area contributed by atoms with Gasteiger partial charge in [0.05, 0.1) is 17.0 Å². The SMILES string of the molecule is COC(=O)c1cc(Nc2ccc(N(C)C)cc2)c(SC)s1. The lowest BCUT2D eigenvalue weighted by atomic mass is 10.2. The summed E-state index contributed by atoms with van der Waals surface area (Å²) in [6.07, 6.45) is 1.99. The number of thiophene rings is 1. The molecule has 0 aliphatic carbocycles. The van der Waals surface area contributed by atoms with Crippen molar-refractivity contribution < 1.29 is 9.53 Å². The van der Waals surface area contributed by atoms with Crippen LogP contribution in [0.4, 0.5) is 17.1 Å². The molecular weight excluding hydrogens is 304 g/mol. The molecule has 0 saturated heterocycles. The minimum Gasteiger partial charge on any atom is -0.465 e. The number of hydrogen-bond acceptors (Lipinski definition) is 6. The van der Waals surface area contributed by atoms with Crippen molar-refractivity contribution in [2.24, 2.45) is 0 Å². The van der Waals surface area contributed by atoms with Gasteiger partial charge in [0.15, 0.2) is 0 Å². The molecular formula is C15H18N2O2S2. The minimum absolute atomic E-state index is 0.300. The molecule has 0 amide bonds. The zero-order valence-corrected chi connectivity index (χ0v) is 14.1. The van der Waals surface area contributed by atoms with E-state index >= 15 is 0 Å². The van der Waals surface area contributed by atoms with Crippen LogP contribution in [0.15, 0.2) is 34.5 Å². The highest BCUT2D eigenvalue weighted by molar-refractivity contribution is 8.00. The zero-order chi connectivity index (χ0) is 15.4. The Kier molecular flexibility index (Phi) is 5.14. The van der Waals surface area contributed by atoms with Gasteiger partial charge in [-0.2, -0.15) is 0 Å². The molecule has 6 heteroatoms. The van der Waals surface area contributed by atoms with Crippen molar-refractivity contribution in [2.75, 3.05) is 37.7 Å². The Morgan fingerprint density at radius 1 is 1.29 bits per heavy atom. The summed E-state index contributed by atoms with van der Waals surface area (Å²) in [6, 6.07) is 9.98. The van der Waals surface area contributed by atoms with E-state index in [0.717, 1.165) is 21.3 Å². The van der Waals surface area contributed by atoms with Crippen molar-refractivity contribution in [2.45, 2.75) is 4.21 Å². The van der Waals surface area contributed by atoms with E-state index in [0.29, 0.717) is 4.88 Å². The van der Waals surface area contributed by atoms with Crippen LogP contribution in [-0.2, 0) is 4.74 Å². The number of carbonyl (C=O) groups excluding carboxylic acids is 1. The quantitative estimate of drug-likeness (QED) is 0.664. The molecule has 0 spiro atoms. The fraction of sp³-hybridized carbons (Fsp3) is 0.267. The van der Waals surface area contributed by atoms with Crippen molar-refractivity contribution in [3.8, 4) is 0 Å². The first-order valence-corrected chi connectivity index (χ1v) is 8.40. The van der Waals surface area contributed by atoms with E-state index in [1.165, 1.54) is 18.4 Å². The van der Waals surface area contributed by atoms with E-state index in [1.807, 2.05) is 38.6 Å². The topological polar surface area (TPSA) is 41.6 Å². The molecule has 112 valence electrons. The molecule has 0 atom stereocenters. The van der Waals surface area contributed by atoms with Crippen molar-refractivity contribution >= 4 is 46.1 Å². The van der Waals surface area contributed by atoms with Gasteiger partial charge in [-0.15, -0.1) is 23.1 Å². The van der Waals surface area contributed by atoms with E-state index in [-0.39, 0.29) is 5.97 Å². The second-order valence-corrected chi connectivity index (χ2v) is 6.70. The van der Waals surface area contributed by atoms with E-state index in [4.69, 9.17) is 4.74 Å². The first-order chi connectivity index (χ1) is 10.0. The van der Waals surface area contributed by atoms with Crippen LogP contribution in [0.5, 0.6) is 0 Å². The fourth-order valence-corrected chi connectivity index (χ4v) is 3.51. The standard InChI is InChI=1S/C15H18N2O2S2/c1-17(2)11-7-5-10(6-8-11)16-12-9-13(14(18)19-3)21-15(12)20-4/h5-9,16H,1-4H3. The molecule has 0 bridgehead atoms. The average Bonchev–Trinajstić information content (AvgIpc) is 2.90. The number of nitrogens with zero attached hydrogens (tertiary/aromatic N) is 1. The van der Waals surface area contributed by atoms with Gasteiger partial charge in [-0.3, -0.25) is 0 Å². The fourth-order valence-electron chi connectivity index (χ4n) is 1.81. The summed E-state index contributed by atoms with van der Waals surface area (Å²) >= 11 is 3.05. The van der Waals surface area contributed by atoms with Crippen LogP contribution in [0, 0.1) is 0 Å². The lowest BCUT2D eigenvalue weighted by Gasteiger charge is -2.13. The zero-order valence-electron chi connectivity index (χ0n) is 12.5. The molecule has 1 aromatic carbocycles. The summed E-state index contributed by atoms with van der Waals surface area (Å²) in [6.45, 7) is 0. The maximum Gasteiger partial charge on any atom is 0.348 e. The smallest absolute Gasteiger partial charge is 0.348 e. The highest BCUT2D eigenvalue weighted by atomic mass is 32.2. The largest absolute Gasteiger partial charge is 0.465 e. The second-order valence-electron chi connectivity index (χ2n) is 4.57. The first-order valence-electron chi connectivity index (χ1n) is 6.35. The Morgan fingerprint density at radius 3 is 2.48 bits per heavy atom. The van der Waals surface area contributed by atoms with Crippen LogP contribution in [0.1, 0.15) is 9.67 Å². The van der Waals surface area contributed by atoms with Gasteiger partial charge in [0.25, 0.3) is 0 Å². The van der Waals surface area contributed by atoms with Crippen molar-refractivity contribution in [1.82, 2.24) is 0 Å². The van der Waals surface area contributed by atoms with Crippen LogP contribution in [0.2, 0.25) is 0 Å². The van der Waals surface area contributed by atoms with Crippen molar-refractivity contribution in [3.05, 3.63) is 35.2 Å². The predicted molar refractivity (Wildman–Crippen MR) is 91.5 cm³/mol. The number of methoxy groups -OCH3 is 1. The summed E-state index contributed by atoms with van der Waals surface area (Å²) in [5.41, 5.74) is 3.07. The number of esters is 1. The summed E-state index contributed by atoms with van der Waals surface area (Å²) < 4.78 is 5.83. The number of thioether (sulfide) groups is 1. The molecule has 4 nitrogen and oxygen atoms in total. The van der Waals surface area contributed by atoms with Gasteiger partial charge in [-0.1, -0.05) is 0 Å². The molecule has 2 rings (SSSR count). The lowest BCUT2D eigenvalue weighted by Crippen LogP contribution is -2.08. The van der Waals surface area contributed by atoms with Crippen LogP contribution in [0.3, 0.4) is 0 Å². The van der Waals surface area contributed by atoms with Crippen molar-refractivity contribution in [1.29, 1.82) is 0 Å². The average molecular weight is 322 g/mol. The number of ether oxygens (including phenoxy) is 1. The number of rotatable bonds is 5. The number of hydrogen-bond donors (Lipinski definition) is 1. The molecule has 1 aromatic heterocycles. The van der Waals surface area contributed by atoms with Crippen LogP contribution >= 0.6 is 23.1 Å². The third kappa shape index (κ3) is 3.71. The third-order valence-electron chi connectivity index (χ3n) is 2.93. The first kappa shape index (κ1) is 15.7. The molecule has 1 heterocycles. The number of benzene rings is 1. The van der Waals surface area contributed by atoms with Crippen LogP contribution in [0.25, 0.3) is 0 Å². The van der Waals surface area contributed by atoms with E-state index in [9.17, 15) is 4.79 Å². The molecule has 21 heavy (non-hydrogen) atoms. The summed E-state index contributed by atoms with van der Waals surface area (Å²) in [7, 11) is 5.42. The minimum atomic E-state index is -0.300. The van der Waals surface area contributed by atoms with Gasteiger partial charge in [0.1, 0.15) is 4.88 Å². The second kappa shape index (κ2) is 6.87. The number of carbonyl (C=O) groups is 1. The van der Waals surface area contributed by atoms with E-state index in [2.05, 4.69) is 22.3 Å². The number of nitrogens with one attached hydrogen (secondary N) is 1. The molecule has 0 aliphatic rings. The van der Waals surface area contributed by atoms with Gasteiger partial charge in [-0.25, -0.2) is 4.79 Å². The normalized spacial score (nSPS) is 10.3. The van der Waals surface area contributed by atoms with Gasteiger partial charge in [-0.05, 0) is 36.6 Å². The Balaban J connectivity index is 2.22. The summed E-state index contributed by atoms with van der Waals surface area (Å²) in [5.74, 6) is -0.300. The highest BCUT2D eigenvalue weighted by Gasteiger charge is 2.14. The predicted octanol–water partition coefficient (Wildman–Crippen LogP) is 4.07. The Morgan fingerprint density at radius 2 is 1.95 bits per heavy atom. The van der Waals surface area contributed by atoms with Gasteiger partial charge in [0.2, 0.25) is 0 Å². The lowest BCUT2D eigenvalue weighted by molar-refractivity contribution is 0.0606. The Hall–Kier alpha value is -1.66. The van der Waals surface area contributed by atoms with Gasteiger partial charge < -0.3 is 15.0 Å². The Bertz CT molecular complexity index is 621. The third-order valence-corrected chi connectivity index (χ3v) is 5.18. The molecule has 0 aliphatic heterocycles. The van der Waals surface area contributed by atoms with Crippen molar-refractivity contribution in [3.63, 3.8) is 0 Å². The maximum atomic E-state index is 11.6. The van der Waals surface area contributed by atoms with Gasteiger partial charge >= 0.3 is 5.97 Å². The maximum absolute atomic E-state index is 11.6. The molecule has 2 aromatic rings. The highest BCUT2D eigenvalue weighted by Crippen LogP contribution is 2.37. The Labute approximate surface area is 133 Å². The summed E-state index contributed by atoms with van der Waals surface area (Å²) in [4.78, 5) is 14.3. The molecule has 0 saturated carbocycles.